The van der Waals surface area contributed by atoms with Crippen molar-refractivity contribution in [1.82, 2.24) is 20.2 Å². The van der Waals surface area contributed by atoms with Crippen LogP contribution >= 0.6 is 0 Å². The number of tetrazole rings is 1. The van der Waals surface area contributed by atoms with Gasteiger partial charge in [0.25, 0.3) is 0 Å². The van der Waals surface area contributed by atoms with Crippen LogP contribution in [0.3, 0.4) is 0 Å². The molecule has 110 valence electrons. The lowest BCUT2D eigenvalue weighted by Gasteiger charge is -2.24. The zero-order chi connectivity index (χ0) is 14.7. The molecule has 0 radical (unpaired) electrons. The van der Waals surface area contributed by atoms with E-state index in [1.54, 1.807) is 4.68 Å². The molecule has 1 N–H and O–H groups in total. The first-order chi connectivity index (χ1) is 10.3. The number of hydrogen-bond acceptors (Lipinski definition) is 4. The standard InChI is InChI=1S/C15H18N4O2/c20-14(21)9-4-10-19-15(16-17-18-19)13-8-3-6-11-5-1-2-7-12(11)13/h1-2,5,7,13H,3-4,6,8-10H2,(H,20,21). The fraction of sp³-hybridized carbons (Fsp3) is 0.467. The molecule has 1 unspecified atom stereocenters. The predicted octanol–water partition coefficient (Wildman–Crippen LogP) is 2.01. The summed E-state index contributed by atoms with van der Waals surface area (Å²) in [5, 5.41) is 20.7. The summed E-state index contributed by atoms with van der Waals surface area (Å²) in [5.74, 6) is 0.287. The van der Waals surface area contributed by atoms with Gasteiger partial charge in [0.05, 0.1) is 0 Å². The first-order valence-electron chi connectivity index (χ1n) is 7.31. The Kier molecular flexibility index (Phi) is 3.94. The Balaban J connectivity index is 1.82. The molecule has 0 saturated carbocycles. The van der Waals surface area contributed by atoms with E-state index in [1.165, 1.54) is 11.1 Å². The quantitative estimate of drug-likeness (QED) is 0.909. The molecule has 1 atom stereocenters. The van der Waals surface area contributed by atoms with E-state index in [0.717, 1.165) is 25.1 Å². The fourth-order valence-electron chi connectivity index (χ4n) is 3.02. The number of aromatic nitrogens is 4. The number of carbonyl (C=O) groups is 1. The molecular weight excluding hydrogens is 268 g/mol. The number of carboxylic acid groups (broad SMARTS) is 1. The monoisotopic (exact) mass is 286 g/mol. The van der Waals surface area contributed by atoms with Crippen molar-refractivity contribution in [2.75, 3.05) is 0 Å². The second-order valence-electron chi connectivity index (χ2n) is 5.40. The molecule has 0 bridgehead atoms. The molecule has 21 heavy (non-hydrogen) atoms. The van der Waals surface area contributed by atoms with Crippen LogP contribution in [0.1, 0.15) is 48.6 Å². The molecule has 1 heterocycles. The number of hydrogen-bond donors (Lipinski definition) is 1. The highest BCUT2D eigenvalue weighted by molar-refractivity contribution is 5.66. The lowest BCUT2D eigenvalue weighted by Crippen LogP contribution is -2.17. The zero-order valence-electron chi connectivity index (χ0n) is 11.8. The number of benzene rings is 1. The highest BCUT2D eigenvalue weighted by Crippen LogP contribution is 2.35. The topological polar surface area (TPSA) is 80.9 Å². The molecular formula is C15H18N4O2. The van der Waals surface area contributed by atoms with Crippen molar-refractivity contribution >= 4 is 5.97 Å². The molecule has 0 aliphatic heterocycles. The largest absolute Gasteiger partial charge is 0.481 e. The molecule has 0 fully saturated rings. The summed E-state index contributed by atoms with van der Waals surface area (Å²) < 4.78 is 1.76. The molecule has 0 amide bonds. The summed E-state index contributed by atoms with van der Waals surface area (Å²) >= 11 is 0. The Morgan fingerprint density at radius 1 is 1.38 bits per heavy atom. The van der Waals surface area contributed by atoms with Crippen molar-refractivity contribution < 1.29 is 9.90 Å². The molecule has 2 aromatic rings. The van der Waals surface area contributed by atoms with Crippen LogP contribution in [0.15, 0.2) is 24.3 Å². The molecule has 1 aromatic carbocycles. The highest BCUT2D eigenvalue weighted by atomic mass is 16.4. The van der Waals surface area contributed by atoms with E-state index in [1.807, 2.05) is 0 Å². The van der Waals surface area contributed by atoms with Crippen molar-refractivity contribution in [3.63, 3.8) is 0 Å². The van der Waals surface area contributed by atoms with Gasteiger partial charge in [-0.3, -0.25) is 4.79 Å². The van der Waals surface area contributed by atoms with Crippen LogP contribution in [0.5, 0.6) is 0 Å². The van der Waals surface area contributed by atoms with Gasteiger partial charge in [0.1, 0.15) is 0 Å². The summed E-state index contributed by atoms with van der Waals surface area (Å²) in [6, 6.07) is 8.43. The van der Waals surface area contributed by atoms with Crippen LogP contribution < -0.4 is 0 Å². The summed E-state index contributed by atoms with van der Waals surface area (Å²) in [7, 11) is 0. The minimum absolute atomic E-state index is 0.139. The van der Waals surface area contributed by atoms with Gasteiger partial charge >= 0.3 is 5.97 Å². The molecule has 1 aliphatic rings. The normalized spacial score (nSPS) is 17.4. The van der Waals surface area contributed by atoms with E-state index in [2.05, 4.69) is 39.8 Å². The van der Waals surface area contributed by atoms with Gasteiger partial charge in [0.15, 0.2) is 5.82 Å². The second kappa shape index (κ2) is 6.03. The summed E-state index contributed by atoms with van der Waals surface area (Å²) in [6.45, 7) is 0.549. The number of carboxylic acids is 1. The molecule has 0 saturated heterocycles. The zero-order valence-corrected chi connectivity index (χ0v) is 11.8. The Labute approximate surface area is 122 Å². The van der Waals surface area contributed by atoms with E-state index >= 15 is 0 Å². The van der Waals surface area contributed by atoms with Gasteiger partial charge in [-0.15, -0.1) is 5.10 Å². The second-order valence-corrected chi connectivity index (χ2v) is 5.40. The van der Waals surface area contributed by atoms with E-state index in [9.17, 15) is 4.79 Å². The van der Waals surface area contributed by atoms with Crippen LogP contribution in [0, 0.1) is 0 Å². The van der Waals surface area contributed by atoms with E-state index < -0.39 is 5.97 Å². The third-order valence-electron chi connectivity index (χ3n) is 4.00. The van der Waals surface area contributed by atoms with Crippen molar-refractivity contribution in [3.8, 4) is 0 Å². The van der Waals surface area contributed by atoms with Crippen molar-refractivity contribution in [1.29, 1.82) is 0 Å². The van der Waals surface area contributed by atoms with E-state index in [0.29, 0.717) is 13.0 Å². The third-order valence-corrected chi connectivity index (χ3v) is 4.00. The molecule has 6 heteroatoms. The average molecular weight is 286 g/mol. The summed E-state index contributed by atoms with van der Waals surface area (Å²) in [6.07, 6.45) is 3.95. The number of fused-ring (bicyclic) bond motifs is 1. The summed E-state index contributed by atoms with van der Waals surface area (Å²) in [4.78, 5) is 10.6. The molecule has 3 rings (SSSR count). The maximum absolute atomic E-state index is 10.6. The minimum Gasteiger partial charge on any atom is -0.481 e. The number of aliphatic carboxylic acids is 1. The number of aryl methyl sites for hydroxylation is 2. The number of nitrogens with zero attached hydrogens (tertiary/aromatic N) is 4. The van der Waals surface area contributed by atoms with E-state index in [4.69, 9.17) is 5.11 Å². The van der Waals surface area contributed by atoms with Crippen LogP contribution in [0.2, 0.25) is 0 Å². The van der Waals surface area contributed by atoms with Crippen molar-refractivity contribution in [2.24, 2.45) is 0 Å². The lowest BCUT2D eigenvalue weighted by molar-refractivity contribution is -0.137. The Hall–Kier alpha value is -2.24. The third kappa shape index (κ3) is 2.94. The fourth-order valence-corrected chi connectivity index (χ4v) is 3.02. The van der Waals surface area contributed by atoms with Crippen molar-refractivity contribution in [3.05, 3.63) is 41.2 Å². The van der Waals surface area contributed by atoms with Crippen LogP contribution in [0.4, 0.5) is 0 Å². The van der Waals surface area contributed by atoms with Gasteiger partial charge in [-0.1, -0.05) is 24.3 Å². The van der Waals surface area contributed by atoms with Gasteiger partial charge in [-0.05, 0) is 47.2 Å². The maximum atomic E-state index is 10.6. The van der Waals surface area contributed by atoms with Crippen LogP contribution in [-0.2, 0) is 17.8 Å². The molecule has 1 aromatic heterocycles. The minimum atomic E-state index is -0.785. The van der Waals surface area contributed by atoms with Crippen LogP contribution in [-0.4, -0.2) is 31.3 Å². The number of rotatable bonds is 5. The van der Waals surface area contributed by atoms with E-state index in [-0.39, 0.29) is 12.3 Å². The average Bonchev–Trinajstić information content (AvgIpc) is 2.94. The molecule has 6 nitrogen and oxygen atoms in total. The Morgan fingerprint density at radius 3 is 3.10 bits per heavy atom. The molecule has 0 spiro atoms. The first kappa shape index (κ1) is 13.7. The Bertz CT molecular complexity index is 638. The van der Waals surface area contributed by atoms with Gasteiger partial charge in [0.2, 0.25) is 0 Å². The SMILES string of the molecule is O=C(O)CCCn1nnnc1C1CCCc2ccccc21. The van der Waals surface area contributed by atoms with Crippen molar-refractivity contribution in [2.45, 2.75) is 44.6 Å². The van der Waals surface area contributed by atoms with Crippen LogP contribution in [0.25, 0.3) is 0 Å². The molecule has 1 aliphatic carbocycles. The smallest absolute Gasteiger partial charge is 0.303 e. The highest BCUT2D eigenvalue weighted by Gasteiger charge is 2.26. The van der Waals surface area contributed by atoms with Gasteiger partial charge < -0.3 is 5.11 Å². The maximum Gasteiger partial charge on any atom is 0.303 e. The first-order valence-corrected chi connectivity index (χ1v) is 7.31. The van der Waals surface area contributed by atoms with Gasteiger partial charge in [0, 0.05) is 18.9 Å². The predicted molar refractivity (Wildman–Crippen MR) is 75.9 cm³/mol. The van der Waals surface area contributed by atoms with Gasteiger partial charge in [-0.2, -0.15) is 0 Å². The lowest BCUT2D eigenvalue weighted by atomic mass is 9.82. The van der Waals surface area contributed by atoms with Gasteiger partial charge in [-0.25, -0.2) is 4.68 Å². The summed E-state index contributed by atoms with van der Waals surface area (Å²) in [5.41, 5.74) is 2.67. The Morgan fingerprint density at radius 2 is 2.24 bits per heavy atom.